The topological polar surface area (TPSA) is 41.6 Å². The molecule has 3 nitrogen and oxygen atoms in total. The lowest BCUT2D eigenvalue weighted by Crippen LogP contribution is -2.03. The molecule has 0 amide bonds. The van der Waals surface area contributed by atoms with Gasteiger partial charge in [-0.2, -0.15) is 5.26 Å². The number of nitrogens with zero attached hydrogens (tertiary/aromatic N) is 3. The molecule has 70 valence electrons. The van der Waals surface area contributed by atoms with Crippen LogP contribution in [0.25, 0.3) is 11.0 Å². The number of imidazole rings is 1. The molecule has 0 spiro atoms. The molecule has 3 heteroatoms. The molecule has 1 aromatic heterocycles. The summed E-state index contributed by atoms with van der Waals surface area (Å²) in [4.78, 5) is 4.26. The predicted molar refractivity (Wildman–Crippen MR) is 54.5 cm³/mol. The van der Waals surface area contributed by atoms with Gasteiger partial charge in [0.2, 0.25) is 0 Å². The summed E-state index contributed by atoms with van der Waals surface area (Å²) in [7, 11) is 0. The molecule has 1 aromatic carbocycles. The van der Waals surface area contributed by atoms with Crippen LogP contribution in [-0.4, -0.2) is 9.55 Å². The number of nitriles is 1. The number of fused-ring (bicyclic) bond motifs is 1. The summed E-state index contributed by atoms with van der Waals surface area (Å²) in [5.74, 6) is 0.0209. The summed E-state index contributed by atoms with van der Waals surface area (Å²) >= 11 is 0. The molecule has 0 aliphatic heterocycles. The third kappa shape index (κ3) is 1.47. The Morgan fingerprint density at radius 2 is 2.29 bits per heavy atom. The zero-order chi connectivity index (χ0) is 9.97. The standard InChI is InChI=1S/C11H11N3/c1-9(6-12)7-14-8-13-10-4-2-3-5-11(10)14/h2-5,8-9H,7H2,1H3. The van der Waals surface area contributed by atoms with Crippen molar-refractivity contribution >= 4 is 11.0 Å². The van der Waals surface area contributed by atoms with E-state index in [0.717, 1.165) is 11.0 Å². The van der Waals surface area contributed by atoms with E-state index in [2.05, 4.69) is 11.1 Å². The number of hydrogen-bond donors (Lipinski definition) is 0. The third-order valence-electron chi connectivity index (χ3n) is 2.22. The SMILES string of the molecule is CC(C#N)Cn1cnc2ccccc21. The van der Waals surface area contributed by atoms with Crippen molar-refractivity contribution in [3.8, 4) is 6.07 Å². The Hall–Kier alpha value is -1.82. The predicted octanol–water partition coefficient (Wildman–Crippen LogP) is 2.20. The van der Waals surface area contributed by atoms with Crippen molar-refractivity contribution < 1.29 is 0 Å². The summed E-state index contributed by atoms with van der Waals surface area (Å²) < 4.78 is 2.02. The third-order valence-corrected chi connectivity index (χ3v) is 2.22. The van der Waals surface area contributed by atoms with Gasteiger partial charge in [0.1, 0.15) is 0 Å². The Balaban J connectivity index is 2.39. The molecule has 1 atom stereocenters. The first-order valence-electron chi connectivity index (χ1n) is 4.61. The molecule has 0 aliphatic rings. The lowest BCUT2D eigenvalue weighted by Gasteiger charge is -2.04. The summed E-state index contributed by atoms with van der Waals surface area (Å²) in [6.07, 6.45) is 1.79. The molecule has 0 bridgehead atoms. The van der Waals surface area contributed by atoms with E-state index in [0.29, 0.717) is 6.54 Å². The van der Waals surface area contributed by atoms with Gasteiger partial charge < -0.3 is 4.57 Å². The highest BCUT2D eigenvalue weighted by Gasteiger charge is 2.04. The molecular formula is C11H11N3. The van der Waals surface area contributed by atoms with Gasteiger partial charge in [-0.25, -0.2) is 4.98 Å². The Morgan fingerprint density at radius 1 is 1.50 bits per heavy atom. The fourth-order valence-corrected chi connectivity index (χ4v) is 1.49. The van der Waals surface area contributed by atoms with Gasteiger partial charge in [-0.05, 0) is 19.1 Å². The van der Waals surface area contributed by atoms with Gasteiger partial charge in [0.05, 0.1) is 29.3 Å². The summed E-state index contributed by atoms with van der Waals surface area (Å²) in [5.41, 5.74) is 2.08. The monoisotopic (exact) mass is 185 g/mol. The van der Waals surface area contributed by atoms with E-state index in [4.69, 9.17) is 5.26 Å². The number of hydrogen-bond acceptors (Lipinski definition) is 2. The van der Waals surface area contributed by atoms with E-state index in [1.807, 2.05) is 35.8 Å². The Labute approximate surface area is 82.6 Å². The van der Waals surface area contributed by atoms with Crippen molar-refractivity contribution in [1.82, 2.24) is 9.55 Å². The van der Waals surface area contributed by atoms with Gasteiger partial charge in [-0.15, -0.1) is 0 Å². The fourth-order valence-electron chi connectivity index (χ4n) is 1.49. The van der Waals surface area contributed by atoms with Crippen molar-refractivity contribution in [3.63, 3.8) is 0 Å². The van der Waals surface area contributed by atoms with Gasteiger partial charge in [0.15, 0.2) is 0 Å². The maximum Gasteiger partial charge on any atom is 0.0958 e. The molecule has 1 heterocycles. The van der Waals surface area contributed by atoms with E-state index in [-0.39, 0.29) is 5.92 Å². The first-order valence-corrected chi connectivity index (χ1v) is 4.61. The normalized spacial score (nSPS) is 12.6. The highest BCUT2D eigenvalue weighted by Crippen LogP contribution is 2.13. The average Bonchev–Trinajstić information content (AvgIpc) is 2.62. The first-order chi connectivity index (χ1) is 6.81. The van der Waals surface area contributed by atoms with Crippen LogP contribution >= 0.6 is 0 Å². The van der Waals surface area contributed by atoms with Crippen molar-refractivity contribution in [2.45, 2.75) is 13.5 Å². The molecule has 0 saturated carbocycles. The molecular weight excluding hydrogens is 174 g/mol. The minimum absolute atomic E-state index is 0.0209. The second-order valence-electron chi connectivity index (χ2n) is 3.42. The van der Waals surface area contributed by atoms with Gasteiger partial charge in [0, 0.05) is 6.54 Å². The van der Waals surface area contributed by atoms with Gasteiger partial charge >= 0.3 is 0 Å². The van der Waals surface area contributed by atoms with E-state index >= 15 is 0 Å². The first kappa shape index (κ1) is 8.76. The molecule has 2 rings (SSSR count). The van der Waals surface area contributed by atoms with E-state index < -0.39 is 0 Å². The van der Waals surface area contributed by atoms with Crippen LogP contribution in [0.15, 0.2) is 30.6 Å². The van der Waals surface area contributed by atoms with Crippen LogP contribution in [0.3, 0.4) is 0 Å². The van der Waals surface area contributed by atoms with Crippen LogP contribution in [-0.2, 0) is 6.54 Å². The Morgan fingerprint density at radius 3 is 3.07 bits per heavy atom. The molecule has 0 saturated heterocycles. The molecule has 2 aromatic rings. The van der Waals surface area contributed by atoms with E-state index in [9.17, 15) is 0 Å². The highest BCUT2D eigenvalue weighted by molar-refractivity contribution is 5.74. The van der Waals surface area contributed by atoms with Gasteiger partial charge in [-0.1, -0.05) is 12.1 Å². The molecule has 0 fully saturated rings. The average molecular weight is 185 g/mol. The minimum atomic E-state index is 0.0209. The lowest BCUT2D eigenvalue weighted by atomic mass is 10.2. The van der Waals surface area contributed by atoms with Crippen LogP contribution in [0.5, 0.6) is 0 Å². The molecule has 1 unspecified atom stereocenters. The smallest absolute Gasteiger partial charge is 0.0958 e. The number of rotatable bonds is 2. The van der Waals surface area contributed by atoms with E-state index in [1.165, 1.54) is 0 Å². The molecule has 14 heavy (non-hydrogen) atoms. The van der Waals surface area contributed by atoms with E-state index in [1.54, 1.807) is 6.33 Å². The fraction of sp³-hybridized carbons (Fsp3) is 0.273. The summed E-state index contributed by atoms with van der Waals surface area (Å²) in [6.45, 7) is 2.62. The number of benzene rings is 1. The second kappa shape index (κ2) is 3.51. The maximum absolute atomic E-state index is 8.72. The van der Waals surface area contributed by atoms with Crippen LogP contribution < -0.4 is 0 Å². The zero-order valence-electron chi connectivity index (χ0n) is 8.01. The lowest BCUT2D eigenvalue weighted by molar-refractivity contribution is 0.592. The highest BCUT2D eigenvalue weighted by atomic mass is 15.0. The van der Waals surface area contributed by atoms with Crippen molar-refractivity contribution in [2.75, 3.05) is 0 Å². The van der Waals surface area contributed by atoms with Crippen molar-refractivity contribution in [3.05, 3.63) is 30.6 Å². The second-order valence-corrected chi connectivity index (χ2v) is 3.42. The quantitative estimate of drug-likeness (QED) is 0.719. The largest absolute Gasteiger partial charge is 0.329 e. The molecule has 0 N–H and O–H groups in total. The van der Waals surface area contributed by atoms with Crippen LogP contribution in [0.1, 0.15) is 6.92 Å². The summed E-state index contributed by atoms with van der Waals surface area (Å²) in [6, 6.07) is 10.2. The van der Waals surface area contributed by atoms with Crippen molar-refractivity contribution in [1.29, 1.82) is 5.26 Å². The van der Waals surface area contributed by atoms with Gasteiger partial charge in [0.25, 0.3) is 0 Å². The zero-order valence-corrected chi connectivity index (χ0v) is 8.01. The van der Waals surface area contributed by atoms with Crippen LogP contribution in [0.4, 0.5) is 0 Å². The maximum atomic E-state index is 8.72. The van der Waals surface area contributed by atoms with Crippen LogP contribution in [0.2, 0.25) is 0 Å². The molecule has 0 aliphatic carbocycles. The number of aromatic nitrogens is 2. The Bertz CT molecular complexity index is 478. The number of para-hydroxylation sites is 2. The van der Waals surface area contributed by atoms with Crippen molar-refractivity contribution in [2.24, 2.45) is 5.92 Å². The Kier molecular flexibility index (Phi) is 2.19. The summed E-state index contributed by atoms with van der Waals surface area (Å²) in [5, 5.41) is 8.72. The van der Waals surface area contributed by atoms with Gasteiger partial charge in [-0.3, -0.25) is 0 Å². The minimum Gasteiger partial charge on any atom is -0.329 e. The van der Waals surface area contributed by atoms with Crippen LogP contribution in [0, 0.1) is 17.2 Å². The molecule has 0 radical (unpaired) electrons.